The van der Waals surface area contributed by atoms with Crippen molar-refractivity contribution < 1.29 is 9.53 Å². The summed E-state index contributed by atoms with van der Waals surface area (Å²) in [6, 6.07) is 7.04. The number of hydrogen-bond acceptors (Lipinski definition) is 3. The number of carbonyl (C=O) groups is 1. The van der Waals surface area contributed by atoms with E-state index in [0.29, 0.717) is 17.2 Å². The maximum atomic E-state index is 12.3. The summed E-state index contributed by atoms with van der Waals surface area (Å²) in [5.74, 6) is 0.0722. The molecular weight excluding hydrogens is 250 g/mol. The summed E-state index contributed by atoms with van der Waals surface area (Å²) in [6.45, 7) is 4.53. The minimum absolute atomic E-state index is 0.0722. The van der Waals surface area contributed by atoms with Crippen LogP contribution in [0.4, 0.5) is 0 Å². The number of hydrogen-bond donors (Lipinski definition) is 0. The Morgan fingerprint density at radius 1 is 1.44 bits per heavy atom. The van der Waals surface area contributed by atoms with Gasteiger partial charge in [-0.05, 0) is 33.0 Å². The summed E-state index contributed by atoms with van der Waals surface area (Å²) in [6.07, 6.45) is 0. The molecule has 0 aliphatic rings. The lowest BCUT2D eigenvalue weighted by atomic mass is 10.0. The fourth-order valence-electron chi connectivity index (χ4n) is 1.81. The molecule has 0 heterocycles. The Morgan fingerprint density at radius 3 is 2.67 bits per heavy atom. The number of rotatable bonds is 6. The summed E-state index contributed by atoms with van der Waals surface area (Å²) < 4.78 is 5.11. The third-order valence-corrected chi connectivity index (χ3v) is 3.44. The van der Waals surface area contributed by atoms with E-state index in [4.69, 9.17) is 16.3 Å². The zero-order chi connectivity index (χ0) is 13.7. The highest BCUT2D eigenvalue weighted by Gasteiger charge is 2.23. The molecule has 0 radical (unpaired) electrons. The first-order valence-corrected chi connectivity index (χ1v) is 6.35. The average molecular weight is 270 g/mol. The molecule has 0 aromatic heterocycles. The Balaban J connectivity index is 2.77. The van der Waals surface area contributed by atoms with Gasteiger partial charge in [0, 0.05) is 23.7 Å². The van der Waals surface area contributed by atoms with E-state index < -0.39 is 0 Å². The molecule has 0 aliphatic carbocycles. The largest absolute Gasteiger partial charge is 0.383 e. The fourth-order valence-corrected chi connectivity index (χ4v) is 2.00. The van der Waals surface area contributed by atoms with Crippen molar-refractivity contribution in [1.82, 2.24) is 4.90 Å². The number of benzene rings is 1. The third kappa shape index (κ3) is 3.80. The SMILES string of the molecule is COCC(C)N(C)C(C)C(=O)c1cccc(Cl)c1. The van der Waals surface area contributed by atoms with Gasteiger partial charge in [0.2, 0.25) is 0 Å². The maximum Gasteiger partial charge on any atom is 0.179 e. The quantitative estimate of drug-likeness (QED) is 0.744. The number of likely N-dealkylation sites (N-methyl/N-ethyl adjacent to an activating group) is 1. The van der Waals surface area contributed by atoms with E-state index in [0.717, 1.165) is 0 Å². The molecule has 1 aromatic carbocycles. The molecule has 0 spiro atoms. The number of ketones is 1. The van der Waals surface area contributed by atoms with Gasteiger partial charge in [0.25, 0.3) is 0 Å². The summed E-state index contributed by atoms with van der Waals surface area (Å²) in [4.78, 5) is 14.3. The van der Waals surface area contributed by atoms with Gasteiger partial charge in [-0.25, -0.2) is 0 Å². The first-order chi connectivity index (χ1) is 8.47. The minimum Gasteiger partial charge on any atom is -0.383 e. The van der Waals surface area contributed by atoms with Gasteiger partial charge in [-0.3, -0.25) is 9.69 Å². The van der Waals surface area contributed by atoms with Crippen LogP contribution in [0.5, 0.6) is 0 Å². The molecule has 0 bridgehead atoms. The van der Waals surface area contributed by atoms with Crippen LogP contribution in [-0.2, 0) is 4.74 Å². The molecule has 2 atom stereocenters. The number of halogens is 1. The van der Waals surface area contributed by atoms with Crippen molar-refractivity contribution in [1.29, 1.82) is 0 Å². The van der Waals surface area contributed by atoms with Crippen LogP contribution in [0, 0.1) is 0 Å². The van der Waals surface area contributed by atoms with Gasteiger partial charge in [0.15, 0.2) is 5.78 Å². The third-order valence-electron chi connectivity index (χ3n) is 3.20. The molecular formula is C14H20ClNO2. The topological polar surface area (TPSA) is 29.5 Å². The van der Waals surface area contributed by atoms with E-state index in [1.165, 1.54) is 0 Å². The predicted octanol–water partition coefficient (Wildman–Crippen LogP) is 2.88. The lowest BCUT2D eigenvalue weighted by Crippen LogP contribution is -2.43. The van der Waals surface area contributed by atoms with Gasteiger partial charge in [-0.1, -0.05) is 23.7 Å². The molecule has 0 N–H and O–H groups in total. The standard InChI is InChI=1S/C14H20ClNO2/c1-10(9-18-4)16(3)11(2)14(17)12-6-5-7-13(15)8-12/h5-8,10-11H,9H2,1-4H3. The van der Waals surface area contributed by atoms with E-state index in [9.17, 15) is 4.79 Å². The van der Waals surface area contributed by atoms with Gasteiger partial charge in [0.1, 0.15) is 0 Å². The van der Waals surface area contributed by atoms with Crippen LogP contribution >= 0.6 is 11.6 Å². The van der Waals surface area contributed by atoms with Crippen molar-refractivity contribution in [3.63, 3.8) is 0 Å². The number of ether oxygens (including phenoxy) is 1. The second-order valence-corrected chi connectivity index (χ2v) is 4.96. The van der Waals surface area contributed by atoms with Gasteiger partial charge < -0.3 is 4.74 Å². The van der Waals surface area contributed by atoms with E-state index in [2.05, 4.69) is 0 Å². The lowest BCUT2D eigenvalue weighted by molar-refractivity contribution is 0.0693. The van der Waals surface area contributed by atoms with Crippen molar-refractivity contribution in [2.45, 2.75) is 25.9 Å². The van der Waals surface area contributed by atoms with Crippen LogP contribution in [-0.4, -0.2) is 43.5 Å². The molecule has 0 amide bonds. The number of carbonyl (C=O) groups excluding carboxylic acids is 1. The number of nitrogens with zero attached hydrogens (tertiary/aromatic N) is 1. The second kappa shape index (κ2) is 6.88. The summed E-state index contributed by atoms with van der Waals surface area (Å²) in [5, 5.41) is 0.584. The Labute approximate surface area is 114 Å². The van der Waals surface area contributed by atoms with Gasteiger partial charge >= 0.3 is 0 Å². The molecule has 3 nitrogen and oxygen atoms in total. The summed E-state index contributed by atoms with van der Waals surface area (Å²) >= 11 is 5.90. The van der Waals surface area contributed by atoms with Crippen molar-refractivity contribution in [3.8, 4) is 0 Å². The molecule has 0 saturated carbocycles. The van der Waals surface area contributed by atoms with E-state index in [-0.39, 0.29) is 17.9 Å². The smallest absolute Gasteiger partial charge is 0.179 e. The zero-order valence-corrected chi connectivity index (χ0v) is 12.1. The average Bonchev–Trinajstić information content (AvgIpc) is 2.36. The maximum absolute atomic E-state index is 12.3. The molecule has 18 heavy (non-hydrogen) atoms. The van der Waals surface area contributed by atoms with Gasteiger partial charge in [-0.15, -0.1) is 0 Å². The predicted molar refractivity (Wildman–Crippen MR) is 74.3 cm³/mol. The van der Waals surface area contributed by atoms with Crippen molar-refractivity contribution in [2.24, 2.45) is 0 Å². The van der Waals surface area contributed by atoms with Gasteiger partial charge in [-0.2, -0.15) is 0 Å². The van der Waals surface area contributed by atoms with Crippen molar-refractivity contribution in [2.75, 3.05) is 20.8 Å². The molecule has 1 aromatic rings. The van der Waals surface area contributed by atoms with Crippen LogP contribution in [0.1, 0.15) is 24.2 Å². The molecule has 2 unspecified atom stereocenters. The Bertz CT molecular complexity index is 409. The first kappa shape index (κ1) is 15.2. The molecule has 100 valence electrons. The lowest BCUT2D eigenvalue weighted by Gasteiger charge is -2.29. The van der Waals surface area contributed by atoms with E-state index >= 15 is 0 Å². The Morgan fingerprint density at radius 2 is 2.11 bits per heavy atom. The second-order valence-electron chi connectivity index (χ2n) is 4.52. The van der Waals surface area contributed by atoms with E-state index in [1.54, 1.807) is 31.4 Å². The fraction of sp³-hybridized carbons (Fsp3) is 0.500. The number of methoxy groups -OCH3 is 1. The first-order valence-electron chi connectivity index (χ1n) is 5.98. The summed E-state index contributed by atoms with van der Waals surface area (Å²) in [5.41, 5.74) is 0.645. The highest BCUT2D eigenvalue weighted by Crippen LogP contribution is 2.15. The highest BCUT2D eigenvalue weighted by molar-refractivity contribution is 6.31. The molecule has 4 heteroatoms. The minimum atomic E-state index is -0.200. The van der Waals surface area contributed by atoms with Crippen molar-refractivity contribution in [3.05, 3.63) is 34.9 Å². The molecule has 0 fully saturated rings. The Hall–Kier alpha value is -0.900. The van der Waals surface area contributed by atoms with Crippen LogP contribution in [0.25, 0.3) is 0 Å². The molecule has 0 aliphatic heterocycles. The summed E-state index contributed by atoms with van der Waals surface area (Å²) in [7, 11) is 3.59. The zero-order valence-electron chi connectivity index (χ0n) is 11.3. The number of Topliss-reactive ketones (excluding diaryl/α,β-unsaturated/α-hetero) is 1. The molecule has 1 rings (SSSR count). The van der Waals surface area contributed by atoms with Crippen LogP contribution in [0.15, 0.2) is 24.3 Å². The van der Waals surface area contributed by atoms with Crippen LogP contribution in [0.3, 0.4) is 0 Å². The van der Waals surface area contributed by atoms with Crippen LogP contribution < -0.4 is 0 Å². The van der Waals surface area contributed by atoms with Crippen LogP contribution in [0.2, 0.25) is 5.02 Å². The monoisotopic (exact) mass is 269 g/mol. The van der Waals surface area contributed by atoms with Crippen molar-refractivity contribution >= 4 is 17.4 Å². The van der Waals surface area contributed by atoms with E-state index in [1.807, 2.05) is 25.8 Å². The molecule has 0 saturated heterocycles. The normalized spacial score (nSPS) is 14.6. The Kier molecular flexibility index (Phi) is 5.79. The van der Waals surface area contributed by atoms with Gasteiger partial charge in [0.05, 0.1) is 12.6 Å². The highest BCUT2D eigenvalue weighted by atomic mass is 35.5.